The first-order valence-corrected chi connectivity index (χ1v) is 7.23. The molecule has 0 heterocycles. The summed E-state index contributed by atoms with van der Waals surface area (Å²) in [6, 6.07) is 1.39. The fraction of sp³-hybridized carbons (Fsp3) is 0.818. The highest BCUT2D eigenvalue weighted by atomic mass is 28.2. The van der Waals surface area contributed by atoms with Crippen molar-refractivity contribution in [2.75, 3.05) is 28.2 Å². The van der Waals surface area contributed by atoms with Gasteiger partial charge in [-0.3, -0.25) is 9.80 Å². The molecule has 3 heteroatoms. The lowest BCUT2D eigenvalue weighted by molar-refractivity contribution is 0.0180. The normalized spacial score (nSPS) is 14.3. The maximum atomic E-state index is 2.38. The summed E-state index contributed by atoms with van der Waals surface area (Å²) >= 11 is 0. The quantitative estimate of drug-likeness (QED) is 0.374. The Balaban J connectivity index is 4.11. The first kappa shape index (κ1) is 13.9. The van der Waals surface area contributed by atoms with Gasteiger partial charge in [0.25, 0.3) is 0 Å². The average Bonchev–Trinajstić information content (AvgIpc) is 2.11. The molecule has 0 bridgehead atoms. The van der Waals surface area contributed by atoms with E-state index in [2.05, 4.69) is 63.6 Å². The molecule has 14 heavy (non-hydrogen) atoms. The Kier molecular flexibility index (Phi) is 6.32. The van der Waals surface area contributed by atoms with Crippen LogP contribution in [0.2, 0.25) is 6.04 Å². The summed E-state index contributed by atoms with van der Waals surface area (Å²) in [6.07, 6.45) is 3.46. The van der Waals surface area contributed by atoms with Gasteiger partial charge >= 0.3 is 0 Å². The van der Waals surface area contributed by atoms with E-state index < -0.39 is 0 Å². The van der Waals surface area contributed by atoms with Crippen LogP contribution in [0.5, 0.6) is 0 Å². The van der Waals surface area contributed by atoms with Crippen molar-refractivity contribution in [2.24, 2.45) is 0 Å². The Bertz CT molecular complexity index is 168. The van der Waals surface area contributed by atoms with E-state index in [-0.39, 0.29) is 15.2 Å². The third-order valence-electron chi connectivity index (χ3n) is 3.18. The third kappa shape index (κ3) is 3.94. The summed E-state index contributed by atoms with van der Waals surface area (Å²) in [5, 5.41) is 0. The predicted octanol–water partition coefficient (Wildman–Crippen LogP) is 1.34. The van der Waals surface area contributed by atoms with Crippen molar-refractivity contribution >= 4 is 9.52 Å². The molecule has 0 aromatic carbocycles. The number of hydrogen-bond donors (Lipinski definition) is 0. The average molecular weight is 214 g/mol. The molecule has 2 nitrogen and oxygen atoms in total. The summed E-state index contributed by atoms with van der Waals surface area (Å²) in [6.45, 7) is 4.43. The zero-order chi connectivity index (χ0) is 11.2. The molecule has 0 rings (SSSR count). The number of allylic oxidation sites excluding steroid dienone is 1. The monoisotopic (exact) mass is 214 g/mol. The van der Waals surface area contributed by atoms with Crippen LogP contribution in [0.25, 0.3) is 0 Å². The molecular formula is C11H26N2Si. The van der Waals surface area contributed by atoms with E-state index >= 15 is 0 Å². The predicted molar refractivity (Wildman–Crippen MR) is 68.6 cm³/mol. The van der Waals surface area contributed by atoms with Crippen LogP contribution in [0.3, 0.4) is 0 Å². The number of hydrogen-bond acceptors (Lipinski definition) is 2. The Morgan fingerprint density at radius 1 is 1.14 bits per heavy atom. The molecule has 84 valence electrons. The molecule has 0 aliphatic heterocycles. The smallest absolute Gasteiger partial charge is 0.0695 e. The molecule has 0 spiro atoms. The molecular weight excluding hydrogens is 188 g/mol. The fourth-order valence-electron chi connectivity index (χ4n) is 1.57. The van der Waals surface area contributed by atoms with Crippen LogP contribution >= 0.6 is 0 Å². The van der Waals surface area contributed by atoms with Crippen molar-refractivity contribution < 1.29 is 0 Å². The molecule has 0 radical (unpaired) electrons. The SMILES string of the molecule is CC=C[SiH2]CCC(C)(N(C)C)N(C)C. The molecule has 0 atom stereocenters. The summed E-state index contributed by atoms with van der Waals surface area (Å²) in [5.41, 5.74) is 2.60. The Labute approximate surface area is 91.8 Å². The zero-order valence-corrected chi connectivity index (χ0v) is 12.1. The van der Waals surface area contributed by atoms with E-state index in [1.54, 1.807) is 0 Å². The summed E-state index contributed by atoms with van der Waals surface area (Å²) in [5.74, 6) is 0. The highest BCUT2D eigenvalue weighted by Crippen LogP contribution is 2.20. The van der Waals surface area contributed by atoms with E-state index in [1.807, 2.05) is 0 Å². The molecule has 0 aliphatic carbocycles. The second kappa shape index (κ2) is 6.38. The minimum absolute atomic E-state index is 0.0336. The molecule has 0 saturated heterocycles. The van der Waals surface area contributed by atoms with Gasteiger partial charge in [0.05, 0.1) is 5.66 Å². The molecule has 0 saturated carbocycles. The Morgan fingerprint density at radius 2 is 1.64 bits per heavy atom. The molecule has 0 fully saturated rings. The maximum absolute atomic E-state index is 2.38. The highest BCUT2D eigenvalue weighted by molar-refractivity contribution is 6.41. The standard InChI is InChI=1S/C11H26N2Si/c1-7-9-14-10-8-11(2,12(3)4)13(5)6/h7,9H,8,10,14H2,1-6H3. The van der Waals surface area contributed by atoms with Gasteiger partial charge < -0.3 is 0 Å². The van der Waals surface area contributed by atoms with Crippen LogP contribution in [-0.2, 0) is 0 Å². The molecule has 0 unspecified atom stereocenters. The molecule has 0 aromatic rings. The van der Waals surface area contributed by atoms with Crippen molar-refractivity contribution in [3.63, 3.8) is 0 Å². The van der Waals surface area contributed by atoms with Gasteiger partial charge in [0.2, 0.25) is 0 Å². The van der Waals surface area contributed by atoms with Gasteiger partial charge in [0.15, 0.2) is 0 Å². The maximum Gasteiger partial charge on any atom is 0.0695 e. The lowest BCUT2D eigenvalue weighted by atomic mass is 10.1. The van der Waals surface area contributed by atoms with E-state index in [4.69, 9.17) is 0 Å². The lowest BCUT2D eigenvalue weighted by Crippen LogP contribution is -2.52. The van der Waals surface area contributed by atoms with Crippen LogP contribution in [0.1, 0.15) is 20.3 Å². The second-order valence-electron chi connectivity index (χ2n) is 4.47. The topological polar surface area (TPSA) is 6.48 Å². The van der Waals surface area contributed by atoms with Crippen molar-refractivity contribution in [2.45, 2.75) is 32.0 Å². The van der Waals surface area contributed by atoms with Gasteiger partial charge in [-0.2, -0.15) is 0 Å². The van der Waals surface area contributed by atoms with Crippen molar-refractivity contribution in [3.05, 3.63) is 11.8 Å². The van der Waals surface area contributed by atoms with Crippen LogP contribution in [0.15, 0.2) is 11.8 Å². The zero-order valence-electron chi connectivity index (χ0n) is 10.7. The number of nitrogens with zero attached hydrogens (tertiary/aromatic N) is 2. The van der Waals surface area contributed by atoms with Gasteiger partial charge in [-0.15, -0.1) is 5.70 Å². The first-order valence-electron chi connectivity index (χ1n) is 5.41. The van der Waals surface area contributed by atoms with E-state index in [0.717, 1.165) is 0 Å². The molecule has 0 amide bonds. The highest BCUT2D eigenvalue weighted by Gasteiger charge is 2.28. The summed E-state index contributed by atoms with van der Waals surface area (Å²) in [7, 11) is 8.69. The van der Waals surface area contributed by atoms with Crippen molar-refractivity contribution in [1.29, 1.82) is 0 Å². The van der Waals surface area contributed by atoms with Crippen LogP contribution in [0, 0.1) is 0 Å². The largest absolute Gasteiger partial charge is 0.292 e. The summed E-state index contributed by atoms with van der Waals surface area (Å²) < 4.78 is 0. The van der Waals surface area contributed by atoms with Crippen molar-refractivity contribution in [3.8, 4) is 0 Å². The first-order chi connectivity index (χ1) is 6.45. The Morgan fingerprint density at radius 3 is 2.00 bits per heavy atom. The van der Waals surface area contributed by atoms with Gasteiger partial charge in [-0.05, 0) is 48.5 Å². The molecule has 0 aromatic heterocycles. The van der Waals surface area contributed by atoms with Crippen LogP contribution in [-0.4, -0.2) is 53.2 Å². The molecule has 0 N–H and O–H groups in total. The van der Waals surface area contributed by atoms with Gasteiger partial charge in [0, 0.05) is 9.52 Å². The second-order valence-corrected chi connectivity index (χ2v) is 6.22. The Hall–Kier alpha value is -0.123. The van der Waals surface area contributed by atoms with Crippen LogP contribution < -0.4 is 0 Å². The van der Waals surface area contributed by atoms with E-state index in [9.17, 15) is 0 Å². The van der Waals surface area contributed by atoms with E-state index in [0.29, 0.717) is 0 Å². The summed E-state index contributed by atoms with van der Waals surface area (Å²) in [4.78, 5) is 4.63. The van der Waals surface area contributed by atoms with Gasteiger partial charge in [0.1, 0.15) is 0 Å². The van der Waals surface area contributed by atoms with Crippen molar-refractivity contribution in [1.82, 2.24) is 9.80 Å². The lowest BCUT2D eigenvalue weighted by Gasteiger charge is -2.42. The van der Waals surface area contributed by atoms with Gasteiger partial charge in [-0.1, -0.05) is 12.1 Å². The van der Waals surface area contributed by atoms with Crippen LogP contribution in [0.4, 0.5) is 0 Å². The third-order valence-corrected chi connectivity index (χ3v) is 4.75. The number of rotatable bonds is 6. The minimum atomic E-state index is 0.0336. The minimum Gasteiger partial charge on any atom is -0.292 e. The molecule has 0 aliphatic rings. The fourth-order valence-corrected chi connectivity index (χ4v) is 3.01. The van der Waals surface area contributed by atoms with E-state index in [1.165, 1.54) is 12.5 Å². The van der Waals surface area contributed by atoms with Gasteiger partial charge in [-0.25, -0.2) is 0 Å².